The third-order valence-corrected chi connectivity index (χ3v) is 16.7. The largest absolute Gasteiger partial charge is 0.285 e. The van der Waals surface area contributed by atoms with Gasteiger partial charge in [-0.25, -0.2) is 0 Å². The van der Waals surface area contributed by atoms with E-state index < -0.39 is 10.9 Å². The highest BCUT2D eigenvalue weighted by Crippen LogP contribution is 2.58. The Labute approximate surface area is 456 Å². The van der Waals surface area contributed by atoms with Gasteiger partial charge in [-0.05, 0) is 171 Å². The Balaban J connectivity index is 1.76. The van der Waals surface area contributed by atoms with Crippen LogP contribution in [0, 0.1) is 0 Å². The van der Waals surface area contributed by atoms with Crippen molar-refractivity contribution >= 4 is 43.1 Å². The summed E-state index contributed by atoms with van der Waals surface area (Å²) in [5.74, 6) is 0. The first-order chi connectivity index (χ1) is 34.6. The van der Waals surface area contributed by atoms with Crippen LogP contribution in [0.3, 0.4) is 0 Å². The summed E-state index contributed by atoms with van der Waals surface area (Å²) in [4.78, 5) is 28.2. The predicted molar refractivity (Wildman–Crippen MR) is 334 cm³/mol. The molecule has 0 aliphatic carbocycles. The zero-order valence-corrected chi connectivity index (χ0v) is 51.1. The first kappa shape index (κ1) is 54.9. The molecule has 396 valence electrons. The Morgan fingerprint density at radius 1 is 0.211 bits per heavy atom. The Hall–Kier alpha value is -5.86. The van der Waals surface area contributed by atoms with E-state index in [0.29, 0.717) is 10.8 Å². The second-order valence-corrected chi connectivity index (χ2v) is 31.2. The fourth-order valence-corrected chi connectivity index (χ4v) is 11.5. The van der Waals surface area contributed by atoms with Crippen molar-refractivity contribution in [2.75, 3.05) is 0 Å². The lowest BCUT2D eigenvalue weighted by atomic mass is 9.72. The van der Waals surface area contributed by atoms with Crippen LogP contribution in [0.4, 0.5) is 0 Å². The summed E-state index contributed by atoms with van der Waals surface area (Å²) < 4.78 is 0. The summed E-state index contributed by atoms with van der Waals surface area (Å²) in [6.07, 6.45) is 0. The monoisotopic (exact) mass is 1010 g/mol. The van der Waals surface area contributed by atoms with Crippen molar-refractivity contribution in [1.29, 1.82) is 0 Å². The molecular weight excluding hydrogens is 921 g/mol. The normalized spacial score (nSPS) is 13.9. The molecule has 9 rings (SSSR count). The van der Waals surface area contributed by atoms with Gasteiger partial charge in [0.1, 0.15) is 0 Å². The van der Waals surface area contributed by atoms with Gasteiger partial charge in [-0.2, -0.15) is 0 Å². The maximum atomic E-state index is 14.1. The van der Waals surface area contributed by atoms with Gasteiger partial charge in [0.15, 0.2) is 0 Å². The van der Waals surface area contributed by atoms with Gasteiger partial charge in [-0.15, -0.1) is 0 Å². The van der Waals surface area contributed by atoms with Crippen molar-refractivity contribution in [3.8, 4) is 44.5 Å². The maximum Gasteiger partial charge on any atom is 0.234 e. The van der Waals surface area contributed by atoms with Gasteiger partial charge in [0.2, 0.25) is 10.9 Å². The minimum Gasteiger partial charge on any atom is -0.285 e. The summed E-state index contributed by atoms with van der Waals surface area (Å²) in [6.45, 7) is 56.2. The molecule has 2 nitrogen and oxygen atoms in total. The molecule has 0 bridgehead atoms. The van der Waals surface area contributed by atoms with E-state index in [4.69, 9.17) is 0 Å². The molecule has 2 heteroatoms. The molecule has 0 saturated heterocycles. The van der Waals surface area contributed by atoms with E-state index in [1.54, 1.807) is 0 Å². The molecule has 0 aliphatic rings. The second-order valence-electron chi connectivity index (χ2n) is 31.2. The first-order valence-electron chi connectivity index (χ1n) is 28.2. The van der Waals surface area contributed by atoms with Crippen LogP contribution < -0.4 is 10.9 Å². The van der Waals surface area contributed by atoms with Gasteiger partial charge >= 0.3 is 0 Å². The van der Waals surface area contributed by atoms with Crippen molar-refractivity contribution in [2.24, 2.45) is 0 Å². The van der Waals surface area contributed by atoms with Crippen LogP contribution in [0.25, 0.3) is 87.6 Å². The average Bonchev–Trinajstić information content (AvgIpc) is 3.74. The SMILES string of the molecule is CC(C)(C)c1cc(-c2c(-c3cc(C(C)(C)C)cc(C(C)(C)C)c3)c(-c3cc(C(C)(C)C)cc(C(C)(C)C)c3)c3c4ccc5c(=O)c(=O)c6ccc(c3c2-c2cc(C(C)(C)C)cc(C(C)(C)C)c2)c4c65)cc(C(C)(C)C)c1. The molecule has 0 unspecified atom stereocenters. The molecular formula is C74H88O2. The summed E-state index contributed by atoms with van der Waals surface area (Å²) in [5, 5.41) is 7.25. The fourth-order valence-electron chi connectivity index (χ4n) is 11.5. The molecule has 9 aromatic carbocycles. The number of hydrogen-bond donors (Lipinski definition) is 0. The first-order valence-corrected chi connectivity index (χ1v) is 28.2. The van der Waals surface area contributed by atoms with E-state index in [1.165, 1.54) is 89.0 Å². The summed E-state index contributed by atoms with van der Waals surface area (Å²) >= 11 is 0. The van der Waals surface area contributed by atoms with Crippen molar-refractivity contribution in [3.63, 3.8) is 0 Å². The predicted octanol–water partition coefficient (Wildman–Crippen LogP) is 20.4. The summed E-state index contributed by atoms with van der Waals surface area (Å²) in [5.41, 5.74) is 17.6. The number of hydrogen-bond acceptors (Lipinski definition) is 2. The van der Waals surface area contributed by atoms with E-state index in [0.717, 1.165) is 32.3 Å². The molecule has 76 heavy (non-hydrogen) atoms. The van der Waals surface area contributed by atoms with E-state index in [2.05, 4.69) is 251 Å². The molecule has 0 heterocycles. The lowest BCUT2D eigenvalue weighted by molar-refractivity contribution is 0.568. The Morgan fingerprint density at radius 3 is 0.579 bits per heavy atom. The summed E-state index contributed by atoms with van der Waals surface area (Å²) in [6, 6.07) is 38.1. The standard InChI is InChI=1S/C74H88O2/c1-67(2,3)45-29-41(30-46(37-45)68(4,5)6)57-58(42-31-47(69(7,8)9)38-48(32-42)70(10,11)12)60(44-35-51(73(19,20)21)40-52(36-44)74(22,23)24)64-54-26-28-56-62-55(65(75)66(56)76)27-25-53(61(54)62)63(64)59(57)43-33-49(71(13,14)15)39-50(34-43)72(16,17)18/h25-40H,1-24H3. The smallest absolute Gasteiger partial charge is 0.234 e. The van der Waals surface area contributed by atoms with Gasteiger partial charge in [0.05, 0.1) is 0 Å². The molecule has 0 aliphatic heterocycles. The van der Waals surface area contributed by atoms with Crippen LogP contribution >= 0.6 is 0 Å². The van der Waals surface area contributed by atoms with Gasteiger partial charge in [-0.3, -0.25) is 9.59 Å². The highest BCUT2D eigenvalue weighted by Gasteiger charge is 2.35. The van der Waals surface area contributed by atoms with E-state index in [1.807, 2.05) is 12.1 Å². The topological polar surface area (TPSA) is 34.1 Å². The zero-order valence-electron chi connectivity index (χ0n) is 51.1. The molecule has 0 spiro atoms. The molecule has 0 amide bonds. The average molecular weight is 1010 g/mol. The van der Waals surface area contributed by atoms with Crippen LogP contribution in [-0.4, -0.2) is 0 Å². The van der Waals surface area contributed by atoms with Gasteiger partial charge in [-0.1, -0.05) is 251 Å². The molecule has 0 atom stereocenters. The van der Waals surface area contributed by atoms with Gasteiger partial charge < -0.3 is 0 Å². The van der Waals surface area contributed by atoms with Crippen molar-refractivity contribution in [3.05, 3.63) is 162 Å². The zero-order chi connectivity index (χ0) is 56.3. The quantitative estimate of drug-likeness (QED) is 0.165. The Bertz CT molecular complexity index is 3510. The third-order valence-electron chi connectivity index (χ3n) is 16.7. The molecule has 0 aromatic heterocycles. The van der Waals surface area contributed by atoms with Crippen LogP contribution in [0.2, 0.25) is 0 Å². The van der Waals surface area contributed by atoms with Crippen molar-refractivity contribution in [1.82, 2.24) is 0 Å². The second kappa shape index (κ2) is 17.3. The molecule has 9 aromatic rings. The Morgan fingerprint density at radius 2 is 0.382 bits per heavy atom. The van der Waals surface area contributed by atoms with Crippen LogP contribution in [0.5, 0.6) is 0 Å². The number of benzene rings is 7. The van der Waals surface area contributed by atoms with Crippen LogP contribution in [-0.2, 0) is 43.3 Å². The lowest BCUT2D eigenvalue weighted by Gasteiger charge is -2.32. The van der Waals surface area contributed by atoms with E-state index in [-0.39, 0.29) is 43.3 Å². The molecule has 0 saturated carbocycles. The minimum absolute atomic E-state index is 0.167. The van der Waals surface area contributed by atoms with Gasteiger partial charge in [0.25, 0.3) is 0 Å². The number of rotatable bonds is 4. The van der Waals surface area contributed by atoms with Gasteiger partial charge in [0, 0.05) is 16.2 Å². The van der Waals surface area contributed by atoms with Crippen molar-refractivity contribution in [2.45, 2.75) is 209 Å². The summed E-state index contributed by atoms with van der Waals surface area (Å²) in [7, 11) is 0. The van der Waals surface area contributed by atoms with Crippen LogP contribution in [0.1, 0.15) is 211 Å². The van der Waals surface area contributed by atoms with Crippen LogP contribution in [0.15, 0.2) is 107 Å². The number of fused-ring (bicyclic) bond motifs is 3. The lowest BCUT2D eigenvalue weighted by Crippen LogP contribution is -2.18. The highest BCUT2D eigenvalue weighted by molar-refractivity contribution is 6.42. The molecule has 0 radical (unpaired) electrons. The fraction of sp³-hybridized carbons (Fsp3) is 0.432. The molecule has 0 fully saturated rings. The maximum absolute atomic E-state index is 14.1. The van der Waals surface area contributed by atoms with E-state index in [9.17, 15) is 9.59 Å². The van der Waals surface area contributed by atoms with E-state index >= 15 is 0 Å². The third kappa shape index (κ3) is 9.47. The highest BCUT2D eigenvalue weighted by atomic mass is 16.2. The Kier molecular flexibility index (Phi) is 12.5. The molecule has 0 N–H and O–H groups in total. The van der Waals surface area contributed by atoms with Crippen molar-refractivity contribution < 1.29 is 0 Å². The minimum atomic E-state index is -0.417.